The van der Waals surface area contributed by atoms with Crippen LogP contribution in [0.2, 0.25) is 0 Å². The standard InChI is InChI=1S/C46H14F20N4O/c1-2-71-46-11-8-17(70-46)21(25-32(53)40(61)45(66)41(62)33(25)54)16-7-10(9-67-16)18(22-26(47)34(55)42(63)35(56)27(22)48)12-3-5-14(68-12)20(24-30(51)38(59)44(65)39(60)31(24)52)15-6-4-13(69-15)19(11)23-28(49)36(57)43(64)37(58)29(23)50/h3-7,9,67H,2,8H2,1H3. The molecule has 0 atom stereocenters. The van der Waals surface area contributed by atoms with Crippen LogP contribution < -0.4 is 0 Å². The van der Waals surface area contributed by atoms with Crippen molar-refractivity contribution in [3.05, 3.63) is 209 Å². The Morgan fingerprint density at radius 2 is 0.746 bits per heavy atom. The lowest BCUT2D eigenvalue weighted by Crippen LogP contribution is -2.15. The van der Waals surface area contributed by atoms with Crippen molar-refractivity contribution in [2.75, 3.05) is 6.61 Å². The van der Waals surface area contributed by atoms with Crippen molar-refractivity contribution < 1.29 is 92.5 Å². The van der Waals surface area contributed by atoms with Crippen LogP contribution in [0, 0.1) is 116 Å². The van der Waals surface area contributed by atoms with Gasteiger partial charge in [-0.15, -0.1) is 0 Å². The van der Waals surface area contributed by atoms with Gasteiger partial charge in [-0.2, -0.15) is 0 Å². The second-order valence-electron chi connectivity index (χ2n) is 15.0. The number of ether oxygens (including phenoxy) is 1. The number of nitrogens with zero attached hydrogens (tertiary/aromatic N) is 3. The predicted octanol–water partition coefficient (Wildman–Crippen LogP) is 13.1. The molecule has 0 radical (unpaired) electrons. The van der Waals surface area contributed by atoms with E-state index in [2.05, 4.69) is 20.0 Å². The quantitative estimate of drug-likeness (QED) is 0.106. The smallest absolute Gasteiger partial charge is 0.217 e. The maximum absolute atomic E-state index is 16.1. The first kappa shape index (κ1) is 48.1. The highest BCUT2D eigenvalue weighted by atomic mass is 19.2. The summed E-state index contributed by atoms with van der Waals surface area (Å²) in [5.74, 6) is -54.0. The van der Waals surface area contributed by atoms with Gasteiger partial charge < -0.3 is 9.72 Å². The second kappa shape index (κ2) is 17.2. The molecule has 0 unspecified atom stereocenters. The van der Waals surface area contributed by atoms with Crippen molar-refractivity contribution >= 4 is 39.6 Å². The molecule has 4 aliphatic heterocycles. The number of aromatic amines is 1. The minimum absolute atomic E-state index is 0.509. The molecule has 5 nitrogen and oxygen atoms in total. The highest BCUT2D eigenvalue weighted by molar-refractivity contribution is 6.37. The first-order valence-electron chi connectivity index (χ1n) is 19.5. The van der Waals surface area contributed by atoms with Crippen LogP contribution >= 0.6 is 0 Å². The summed E-state index contributed by atoms with van der Waals surface area (Å²) in [5.41, 5.74) is -20.8. The summed E-state index contributed by atoms with van der Waals surface area (Å²) in [5, 5.41) is 0. The molecule has 0 amide bonds. The maximum Gasteiger partial charge on any atom is 0.217 e. The molecular weight excluding hydrogens is 1000 g/mol. The number of nitrogens with one attached hydrogen (secondary N) is 1. The van der Waals surface area contributed by atoms with Crippen LogP contribution in [0.4, 0.5) is 87.8 Å². The van der Waals surface area contributed by atoms with E-state index in [-0.39, 0.29) is 0 Å². The van der Waals surface area contributed by atoms with Gasteiger partial charge in [-0.1, -0.05) is 0 Å². The monoisotopic (exact) mass is 1020 g/mol. The highest BCUT2D eigenvalue weighted by Gasteiger charge is 2.40. The van der Waals surface area contributed by atoms with E-state index in [9.17, 15) is 17.6 Å². The predicted molar refractivity (Wildman–Crippen MR) is 208 cm³/mol. The van der Waals surface area contributed by atoms with Crippen molar-refractivity contribution in [3.8, 4) is 0 Å². The van der Waals surface area contributed by atoms with E-state index < -0.39 is 225 Å². The fourth-order valence-corrected chi connectivity index (χ4v) is 8.01. The molecule has 4 aliphatic rings. The van der Waals surface area contributed by atoms with Crippen LogP contribution in [0.3, 0.4) is 0 Å². The zero-order chi connectivity index (χ0) is 51.6. The summed E-state index contributed by atoms with van der Waals surface area (Å²) in [4.78, 5) is 14.2. The Balaban J connectivity index is 1.53. The zero-order valence-electron chi connectivity index (χ0n) is 34.2. The summed E-state index contributed by atoms with van der Waals surface area (Å²) < 4.78 is 311. The van der Waals surface area contributed by atoms with Crippen molar-refractivity contribution in [3.63, 3.8) is 0 Å². The number of benzene rings is 4. The van der Waals surface area contributed by atoms with Gasteiger partial charge in [0.05, 0.1) is 57.4 Å². The van der Waals surface area contributed by atoms with Gasteiger partial charge in [0.25, 0.3) is 0 Å². The van der Waals surface area contributed by atoms with Crippen LogP contribution in [-0.2, 0) is 4.74 Å². The lowest BCUT2D eigenvalue weighted by molar-refractivity contribution is 0.329. The van der Waals surface area contributed by atoms with Crippen LogP contribution in [0.1, 0.15) is 46.9 Å². The van der Waals surface area contributed by atoms with Crippen LogP contribution in [0.25, 0.3) is 22.3 Å². The first-order chi connectivity index (χ1) is 33.5. The Labute approximate surface area is 380 Å². The largest absolute Gasteiger partial charge is 0.478 e. The van der Waals surface area contributed by atoms with Crippen molar-refractivity contribution in [2.24, 2.45) is 15.0 Å². The summed E-state index contributed by atoms with van der Waals surface area (Å²) in [6.07, 6.45) is 1.60. The van der Waals surface area contributed by atoms with Gasteiger partial charge in [-0.05, 0) is 37.3 Å². The van der Waals surface area contributed by atoms with Crippen LogP contribution in [-0.4, -0.2) is 28.9 Å². The molecule has 8 bridgehead atoms. The molecule has 5 aromatic rings. The van der Waals surface area contributed by atoms with Crippen LogP contribution in [0.5, 0.6) is 0 Å². The Hall–Kier alpha value is -7.99. The van der Waals surface area contributed by atoms with Crippen molar-refractivity contribution in [2.45, 2.75) is 13.3 Å². The fourth-order valence-electron chi connectivity index (χ4n) is 8.01. The first-order valence-corrected chi connectivity index (χ1v) is 19.5. The SMILES string of the molecule is CCOC1=NC2=C(c3c(F)c(F)c(F)c(F)c3F)c3cc(c[nH]3)C(c3c(F)c(F)c(F)c(F)c3F)=C3C=CC(=N3)C(c3c(F)c(F)c(F)c(F)c3F)=C3C=CC(=N3)C(c3c(F)c(F)c(F)c(F)c3F)=C1C2. The number of halogens is 20. The number of aliphatic imine (C=N–C) groups is 3. The van der Waals surface area contributed by atoms with E-state index in [1.807, 2.05) is 0 Å². The average Bonchev–Trinajstić information content (AvgIpc) is 4.21. The fraction of sp³-hybridized carbons (Fsp3) is 0.0652. The third-order valence-corrected chi connectivity index (χ3v) is 11.1. The number of hydrogen-bond donors (Lipinski definition) is 1. The molecule has 0 saturated heterocycles. The van der Waals surface area contributed by atoms with Gasteiger partial charge in [-0.3, -0.25) is 0 Å². The minimum Gasteiger partial charge on any atom is -0.478 e. The molecule has 9 rings (SSSR count). The molecule has 71 heavy (non-hydrogen) atoms. The lowest BCUT2D eigenvalue weighted by Gasteiger charge is -2.17. The number of rotatable bonds is 5. The molecule has 0 fully saturated rings. The minimum atomic E-state index is -2.73. The average molecular weight is 1020 g/mol. The normalized spacial score (nSPS) is 15.6. The molecule has 1 N–H and O–H groups in total. The third kappa shape index (κ3) is 7.05. The van der Waals surface area contributed by atoms with Gasteiger partial charge in [-0.25, -0.2) is 103 Å². The number of aromatic nitrogens is 1. The topological polar surface area (TPSA) is 62.1 Å². The highest BCUT2D eigenvalue weighted by Crippen LogP contribution is 2.46. The van der Waals surface area contributed by atoms with E-state index in [0.29, 0.717) is 36.6 Å². The van der Waals surface area contributed by atoms with Gasteiger partial charge in [0.2, 0.25) is 29.2 Å². The summed E-state index contributed by atoms with van der Waals surface area (Å²) in [6.45, 7) is 0.618. The number of fused-ring (bicyclic) bond motifs is 6. The van der Waals surface area contributed by atoms with Gasteiger partial charge in [0, 0.05) is 51.7 Å². The van der Waals surface area contributed by atoms with Gasteiger partial charge in [0.1, 0.15) is 0 Å². The summed E-state index contributed by atoms with van der Waals surface area (Å²) >= 11 is 0. The molecule has 25 heteroatoms. The van der Waals surface area contributed by atoms with Crippen molar-refractivity contribution in [1.29, 1.82) is 0 Å². The van der Waals surface area contributed by atoms with E-state index in [1.54, 1.807) is 0 Å². The summed E-state index contributed by atoms with van der Waals surface area (Å²) in [6, 6.07) is 0.509. The summed E-state index contributed by atoms with van der Waals surface area (Å²) in [7, 11) is 0. The molecule has 364 valence electrons. The Kier molecular flexibility index (Phi) is 11.6. The Morgan fingerprint density at radius 1 is 0.408 bits per heavy atom. The lowest BCUT2D eigenvalue weighted by atomic mass is 9.90. The zero-order valence-corrected chi connectivity index (χ0v) is 34.2. The number of hydrogen-bond acceptors (Lipinski definition) is 4. The number of H-pyrrole nitrogens is 1. The van der Waals surface area contributed by atoms with Gasteiger partial charge in [0.15, 0.2) is 93.1 Å². The van der Waals surface area contributed by atoms with E-state index in [0.717, 1.165) is 0 Å². The molecule has 4 aromatic carbocycles. The van der Waals surface area contributed by atoms with Crippen molar-refractivity contribution in [1.82, 2.24) is 4.98 Å². The van der Waals surface area contributed by atoms with E-state index >= 15 is 70.2 Å². The number of allylic oxidation sites excluding steroid dienone is 7. The Bertz CT molecular complexity index is 3510. The molecule has 0 spiro atoms. The third-order valence-electron chi connectivity index (χ3n) is 11.1. The maximum atomic E-state index is 16.1. The van der Waals surface area contributed by atoms with Crippen LogP contribution in [0.15, 0.2) is 74.2 Å². The van der Waals surface area contributed by atoms with E-state index in [1.165, 1.54) is 6.92 Å². The molecule has 0 saturated carbocycles. The second-order valence-corrected chi connectivity index (χ2v) is 15.0. The molecule has 5 heterocycles. The van der Waals surface area contributed by atoms with Gasteiger partial charge >= 0.3 is 0 Å². The Morgan fingerprint density at radius 3 is 1.15 bits per heavy atom. The molecule has 1 aromatic heterocycles. The van der Waals surface area contributed by atoms with E-state index in [4.69, 9.17) is 4.74 Å². The molecule has 0 aliphatic carbocycles. The molecular formula is C46H14F20N4O.